The molecular formula is C16H23ClF2N2O3S. The van der Waals surface area contributed by atoms with E-state index >= 15 is 0 Å². The van der Waals surface area contributed by atoms with E-state index in [0.717, 1.165) is 18.1 Å². The maximum atomic E-state index is 12.5. The highest BCUT2D eigenvalue weighted by Gasteiger charge is 2.20. The quantitative estimate of drug-likeness (QED) is 0.768. The van der Waals surface area contributed by atoms with E-state index in [-0.39, 0.29) is 35.9 Å². The first-order valence-electron chi connectivity index (χ1n) is 7.66. The van der Waals surface area contributed by atoms with Gasteiger partial charge in [0.1, 0.15) is 0 Å². The molecular weight excluding hydrogens is 374 g/mol. The number of rotatable bonds is 7. The van der Waals surface area contributed by atoms with Crippen LogP contribution in [0.3, 0.4) is 0 Å². The molecule has 5 nitrogen and oxygen atoms in total. The number of amides is 1. The molecule has 1 heterocycles. The number of nitrogens with one attached hydrogen (secondary N) is 1. The van der Waals surface area contributed by atoms with Crippen LogP contribution in [0, 0.1) is 0 Å². The molecule has 0 aliphatic carbocycles. The van der Waals surface area contributed by atoms with E-state index in [1.54, 1.807) is 24.1 Å². The minimum Gasteiger partial charge on any atom is -0.493 e. The van der Waals surface area contributed by atoms with Crippen molar-refractivity contribution < 1.29 is 23.0 Å². The van der Waals surface area contributed by atoms with Gasteiger partial charge in [0.05, 0.1) is 7.11 Å². The van der Waals surface area contributed by atoms with E-state index in [4.69, 9.17) is 4.74 Å². The zero-order chi connectivity index (χ0) is 17.5. The van der Waals surface area contributed by atoms with Gasteiger partial charge in [-0.1, -0.05) is 6.07 Å². The number of thioether (sulfide) groups is 1. The van der Waals surface area contributed by atoms with Crippen LogP contribution >= 0.6 is 24.2 Å². The van der Waals surface area contributed by atoms with Crippen molar-refractivity contribution >= 4 is 30.1 Å². The Morgan fingerprint density at radius 3 is 2.80 bits per heavy atom. The molecule has 0 radical (unpaired) electrons. The average Bonchev–Trinajstić information content (AvgIpc) is 2.55. The molecule has 1 aromatic rings. The van der Waals surface area contributed by atoms with Crippen molar-refractivity contribution in [1.82, 2.24) is 10.2 Å². The van der Waals surface area contributed by atoms with E-state index in [2.05, 4.69) is 10.1 Å². The van der Waals surface area contributed by atoms with Crippen molar-refractivity contribution in [2.75, 3.05) is 32.2 Å². The Labute approximate surface area is 156 Å². The van der Waals surface area contributed by atoms with Crippen molar-refractivity contribution in [3.8, 4) is 11.5 Å². The number of carbonyl (C=O) groups excluding carboxylic acids is 1. The Hall–Kier alpha value is -1.25. The Morgan fingerprint density at radius 1 is 1.44 bits per heavy atom. The van der Waals surface area contributed by atoms with E-state index in [1.165, 1.54) is 13.2 Å². The van der Waals surface area contributed by atoms with Crippen LogP contribution in [-0.4, -0.2) is 55.7 Å². The molecule has 0 spiro atoms. The number of alkyl halides is 2. The lowest BCUT2D eigenvalue weighted by molar-refractivity contribution is -0.130. The smallest absolute Gasteiger partial charge is 0.387 e. The first-order valence-corrected chi connectivity index (χ1v) is 8.82. The fourth-order valence-corrected chi connectivity index (χ4v) is 3.44. The predicted octanol–water partition coefficient (Wildman–Crippen LogP) is 2.77. The summed E-state index contributed by atoms with van der Waals surface area (Å²) < 4.78 is 34.4. The summed E-state index contributed by atoms with van der Waals surface area (Å²) in [5, 5.41) is 3.33. The second-order valence-electron chi connectivity index (χ2n) is 5.54. The summed E-state index contributed by atoms with van der Waals surface area (Å²) in [4.78, 5) is 13.9. The second kappa shape index (κ2) is 10.7. The Balaban J connectivity index is 0.00000312. The summed E-state index contributed by atoms with van der Waals surface area (Å²) in [5.41, 5.74) is 0.702. The highest BCUT2D eigenvalue weighted by atomic mass is 35.5. The summed E-state index contributed by atoms with van der Waals surface area (Å²) in [6.45, 7) is -1.69. The maximum Gasteiger partial charge on any atom is 0.387 e. The predicted molar refractivity (Wildman–Crippen MR) is 97.1 cm³/mol. The molecule has 1 aliphatic heterocycles. The van der Waals surface area contributed by atoms with Crippen LogP contribution in [0.4, 0.5) is 8.78 Å². The molecule has 0 aromatic heterocycles. The molecule has 142 valence electrons. The number of benzene rings is 1. The minimum atomic E-state index is -2.93. The zero-order valence-corrected chi connectivity index (χ0v) is 15.8. The van der Waals surface area contributed by atoms with Crippen LogP contribution in [0.25, 0.3) is 0 Å². The number of ether oxygens (including phenoxy) is 2. The number of methoxy groups -OCH3 is 1. The molecule has 1 fully saturated rings. The highest BCUT2D eigenvalue weighted by molar-refractivity contribution is 7.99. The fraction of sp³-hybridized carbons (Fsp3) is 0.562. The topological polar surface area (TPSA) is 50.8 Å². The number of hydrogen-bond donors (Lipinski definition) is 1. The first kappa shape index (κ1) is 21.8. The van der Waals surface area contributed by atoms with E-state index in [0.29, 0.717) is 18.5 Å². The average molecular weight is 397 g/mol. The lowest BCUT2D eigenvalue weighted by Crippen LogP contribution is -2.41. The maximum absolute atomic E-state index is 12.5. The van der Waals surface area contributed by atoms with E-state index in [9.17, 15) is 13.6 Å². The van der Waals surface area contributed by atoms with Gasteiger partial charge in [0.2, 0.25) is 5.91 Å². The lowest BCUT2D eigenvalue weighted by Gasteiger charge is -2.25. The monoisotopic (exact) mass is 396 g/mol. The van der Waals surface area contributed by atoms with Crippen LogP contribution in [0.2, 0.25) is 0 Å². The van der Waals surface area contributed by atoms with Gasteiger partial charge in [-0.3, -0.25) is 4.79 Å². The van der Waals surface area contributed by atoms with Crippen LogP contribution in [0.15, 0.2) is 18.2 Å². The van der Waals surface area contributed by atoms with Crippen molar-refractivity contribution in [2.45, 2.75) is 25.6 Å². The molecule has 1 saturated heterocycles. The normalized spacial score (nSPS) is 16.9. The van der Waals surface area contributed by atoms with Gasteiger partial charge in [0.15, 0.2) is 11.5 Å². The van der Waals surface area contributed by atoms with Crippen molar-refractivity contribution in [1.29, 1.82) is 0 Å². The highest BCUT2D eigenvalue weighted by Crippen LogP contribution is 2.30. The molecule has 0 saturated carbocycles. The third-order valence-corrected chi connectivity index (χ3v) is 4.84. The molecule has 1 aromatic carbocycles. The molecule has 1 aliphatic rings. The van der Waals surface area contributed by atoms with Gasteiger partial charge >= 0.3 is 6.61 Å². The first-order chi connectivity index (χ1) is 11.5. The van der Waals surface area contributed by atoms with Gasteiger partial charge in [0.25, 0.3) is 0 Å². The summed E-state index contributed by atoms with van der Waals surface area (Å²) in [6, 6.07) is 4.96. The Morgan fingerprint density at radius 2 is 2.20 bits per heavy atom. The van der Waals surface area contributed by atoms with Crippen LogP contribution in [0.5, 0.6) is 11.5 Å². The molecule has 25 heavy (non-hydrogen) atoms. The largest absolute Gasteiger partial charge is 0.493 e. The van der Waals surface area contributed by atoms with E-state index < -0.39 is 6.61 Å². The van der Waals surface area contributed by atoms with Gasteiger partial charge in [-0.2, -0.15) is 20.5 Å². The number of hydrogen-bond acceptors (Lipinski definition) is 5. The summed E-state index contributed by atoms with van der Waals surface area (Å²) in [6.07, 6.45) is 0.431. The number of carbonyl (C=O) groups is 1. The third kappa shape index (κ3) is 6.87. The Bertz CT molecular complexity index is 560. The molecule has 1 unspecified atom stereocenters. The van der Waals surface area contributed by atoms with E-state index in [1.807, 2.05) is 11.8 Å². The van der Waals surface area contributed by atoms with Crippen molar-refractivity contribution in [3.63, 3.8) is 0 Å². The van der Waals surface area contributed by atoms with Gasteiger partial charge < -0.3 is 19.7 Å². The van der Waals surface area contributed by atoms with Crippen LogP contribution in [0.1, 0.15) is 12.0 Å². The second-order valence-corrected chi connectivity index (χ2v) is 6.69. The van der Waals surface area contributed by atoms with Gasteiger partial charge in [0, 0.05) is 44.1 Å². The lowest BCUT2D eigenvalue weighted by atomic mass is 10.1. The molecule has 0 bridgehead atoms. The number of halogens is 3. The molecule has 1 amide bonds. The minimum absolute atomic E-state index is 0. The fourth-order valence-electron chi connectivity index (χ4n) is 2.49. The van der Waals surface area contributed by atoms with Crippen LogP contribution in [-0.2, 0) is 11.3 Å². The van der Waals surface area contributed by atoms with Crippen molar-refractivity contribution in [2.24, 2.45) is 0 Å². The van der Waals surface area contributed by atoms with Gasteiger partial charge in [-0.05, 0) is 17.7 Å². The van der Waals surface area contributed by atoms with Crippen molar-refractivity contribution in [3.05, 3.63) is 23.8 Å². The number of nitrogens with zero attached hydrogens (tertiary/aromatic N) is 1. The summed E-state index contributed by atoms with van der Waals surface area (Å²) in [7, 11) is 3.09. The van der Waals surface area contributed by atoms with Gasteiger partial charge in [-0.25, -0.2) is 0 Å². The van der Waals surface area contributed by atoms with Gasteiger partial charge in [-0.15, -0.1) is 12.4 Å². The molecule has 9 heteroatoms. The SMILES string of the molecule is COc1ccc(CN(C)C(=O)CC2CSCCN2)cc1OC(F)F.Cl. The zero-order valence-electron chi connectivity index (χ0n) is 14.2. The molecule has 1 N–H and O–H groups in total. The summed E-state index contributed by atoms with van der Waals surface area (Å²) >= 11 is 1.84. The summed E-state index contributed by atoms with van der Waals surface area (Å²) in [5.74, 6) is 2.21. The molecule has 2 rings (SSSR count). The molecule has 1 atom stereocenters. The standard InChI is InChI=1S/C16H22F2N2O3S.ClH/c1-20(15(21)8-12-10-24-6-5-19-12)9-11-3-4-13(22-2)14(7-11)23-16(17)18;/h3-4,7,12,16,19H,5-6,8-10H2,1-2H3;1H. The Kier molecular flexibility index (Phi) is 9.31. The third-order valence-electron chi connectivity index (χ3n) is 3.71. The van der Waals surface area contributed by atoms with Crippen LogP contribution < -0.4 is 14.8 Å².